The van der Waals surface area contributed by atoms with Crippen LogP contribution in [0.5, 0.6) is 0 Å². The van der Waals surface area contributed by atoms with E-state index >= 15 is 0 Å². The fourth-order valence-corrected chi connectivity index (χ4v) is 2.74. The fourth-order valence-electron chi connectivity index (χ4n) is 2.74. The minimum Gasteiger partial charge on any atom is -0.384 e. The second-order valence-corrected chi connectivity index (χ2v) is 5.98. The number of carbonyl (C=O) groups is 1. The van der Waals surface area contributed by atoms with Gasteiger partial charge in [-0.3, -0.25) is 4.79 Å². The second kappa shape index (κ2) is 4.78. The molecule has 0 saturated carbocycles. The van der Waals surface area contributed by atoms with E-state index in [1.54, 1.807) is 0 Å². The van der Waals surface area contributed by atoms with Crippen LogP contribution in [0.4, 0.5) is 4.39 Å². The molecule has 0 aliphatic heterocycles. The lowest BCUT2D eigenvalue weighted by atomic mass is 9.95. The number of hydrogen-bond acceptors (Lipinski definition) is 2. The van der Waals surface area contributed by atoms with Crippen LogP contribution in [-0.2, 0) is 11.2 Å². The third-order valence-corrected chi connectivity index (χ3v) is 3.98. The van der Waals surface area contributed by atoms with Gasteiger partial charge in [0.1, 0.15) is 6.10 Å². The van der Waals surface area contributed by atoms with E-state index in [1.807, 2.05) is 42.5 Å². The van der Waals surface area contributed by atoms with Crippen LogP contribution < -0.4 is 0 Å². The summed E-state index contributed by atoms with van der Waals surface area (Å²) < 4.78 is 13.6. The molecule has 2 aromatic carbocycles. The number of ketones is 1. The number of fused-ring (bicyclic) bond motifs is 3. The Morgan fingerprint density at radius 2 is 1.81 bits per heavy atom. The highest BCUT2D eigenvalue weighted by molar-refractivity contribution is 5.88. The largest absolute Gasteiger partial charge is 0.384 e. The van der Waals surface area contributed by atoms with Crippen molar-refractivity contribution < 1.29 is 14.3 Å². The summed E-state index contributed by atoms with van der Waals surface area (Å²) in [4.78, 5) is 11.8. The molecule has 0 radical (unpaired) electrons. The molecule has 3 heteroatoms. The van der Waals surface area contributed by atoms with Crippen molar-refractivity contribution in [2.24, 2.45) is 0 Å². The lowest BCUT2D eigenvalue weighted by Crippen LogP contribution is -2.27. The van der Waals surface area contributed by atoms with Crippen molar-refractivity contribution in [2.75, 3.05) is 0 Å². The topological polar surface area (TPSA) is 37.3 Å². The van der Waals surface area contributed by atoms with Crippen LogP contribution in [0, 0.1) is 0 Å². The molecule has 1 atom stereocenters. The number of benzene rings is 2. The Morgan fingerprint density at radius 1 is 1.14 bits per heavy atom. The smallest absolute Gasteiger partial charge is 0.173 e. The zero-order chi connectivity index (χ0) is 15.2. The van der Waals surface area contributed by atoms with E-state index in [-0.39, 0.29) is 6.42 Å². The Kier molecular flexibility index (Phi) is 3.18. The Labute approximate surface area is 123 Å². The average molecular weight is 284 g/mol. The van der Waals surface area contributed by atoms with E-state index in [4.69, 9.17) is 0 Å². The molecule has 0 aromatic heterocycles. The first kappa shape index (κ1) is 14.0. The summed E-state index contributed by atoms with van der Waals surface area (Å²) in [5.74, 6) is -0.451. The summed E-state index contributed by atoms with van der Waals surface area (Å²) in [6, 6.07) is 13.2. The number of hydrogen-bond donors (Lipinski definition) is 1. The van der Waals surface area contributed by atoms with Crippen LogP contribution in [0.1, 0.15) is 36.6 Å². The van der Waals surface area contributed by atoms with Crippen molar-refractivity contribution in [1.82, 2.24) is 0 Å². The summed E-state index contributed by atoms with van der Waals surface area (Å²) in [5.41, 5.74) is 2.56. The van der Waals surface area contributed by atoms with Crippen LogP contribution in [0.3, 0.4) is 0 Å². The Morgan fingerprint density at radius 3 is 2.52 bits per heavy atom. The van der Waals surface area contributed by atoms with E-state index in [2.05, 4.69) is 0 Å². The fraction of sp³-hybridized carbons (Fsp3) is 0.278. The quantitative estimate of drug-likeness (QED) is 0.935. The molecular weight excluding hydrogens is 267 g/mol. The van der Waals surface area contributed by atoms with Gasteiger partial charge in [-0.15, -0.1) is 0 Å². The number of aliphatic hydroxyl groups is 1. The van der Waals surface area contributed by atoms with Gasteiger partial charge in [0.25, 0.3) is 0 Å². The molecule has 1 aliphatic rings. The van der Waals surface area contributed by atoms with Gasteiger partial charge in [-0.25, -0.2) is 4.39 Å². The first-order valence-corrected chi connectivity index (χ1v) is 7.00. The number of halogens is 1. The minimum absolute atomic E-state index is 0.0415. The van der Waals surface area contributed by atoms with Gasteiger partial charge in [0, 0.05) is 6.42 Å². The molecule has 2 nitrogen and oxygen atoms in total. The molecule has 108 valence electrons. The second-order valence-electron chi connectivity index (χ2n) is 5.98. The van der Waals surface area contributed by atoms with Gasteiger partial charge in [0.05, 0.1) is 0 Å². The third-order valence-electron chi connectivity index (χ3n) is 3.98. The molecule has 0 fully saturated rings. The van der Waals surface area contributed by atoms with Crippen LogP contribution in [0.15, 0.2) is 42.5 Å². The summed E-state index contributed by atoms with van der Waals surface area (Å²) in [7, 11) is 0. The number of aliphatic hydroxyl groups excluding tert-OH is 1. The number of rotatable bonds is 3. The van der Waals surface area contributed by atoms with Crippen molar-refractivity contribution in [3.8, 4) is 11.1 Å². The Balaban J connectivity index is 1.96. The average Bonchev–Trinajstić information content (AvgIpc) is 2.72. The Bertz CT molecular complexity index is 713. The van der Waals surface area contributed by atoms with E-state index in [0.717, 1.165) is 27.8 Å². The van der Waals surface area contributed by atoms with E-state index in [1.165, 1.54) is 13.8 Å². The van der Waals surface area contributed by atoms with E-state index < -0.39 is 17.6 Å². The summed E-state index contributed by atoms with van der Waals surface area (Å²) >= 11 is 0. The van der Waals surface area contributed by atoms with Gasteiger partial charge in [-0.2, -0.15) is 0 Å². The standard InChI is InChI=1S/C18H17FO2/c1-18(2,19)16(20)10-11-7-8-13-12-5-3-4-6-14(12)17(21)15(13)9-11/h3-9,17,21H,10H2,1-2H3. The highest BCUT2D eigenvalue weighted by Gasteiger charge is 2.29. The molecule has 0 heterocycles. The molecule has 2 aromatic rings. The first-order valence-electron chi connectivity index (χ1n) is 7.00. The highest BCUT2D eigenvalue weighted by atomic mass is 19.1. The van der Waals surface area contributed by atoms with E-state index in [0.29, 0.717) is 0 Å². The molecule has 21 heavy (non-hydrogen) atoms. The van der Waals surface area contributed by atoms with Gasteiger partial charge in [-0.05, 0) is 41.7 Å². The molecule has 3 rings (SSSR count). The summed E-state index contributed by atoms with van der Waals surface area (Å²) in [6.45, 7) is 2.54. The Hall–Kier alpha value is -2.00. The lowest BCUT2D eigenvalue weighted by molar-refractivity contribution is -0.127. The lowest BCUT2D eigenvalue weighted by Gasteiger charge is -2.13. The van der Waals surface area contributed by atoms with Crippen molar-refractivity contribution in [2.45, 2.75) is 32.0 Å². The maximum absolute atomic E-state index is 13.6. The molecule has 0 amide bonds. The number of Topliss-reactive ketones (excluding diaryl/α,β-unsaturated/α-hetero) is 1. The maximum Gasteiger partial charge on any atom is 0.173 e. The SMILES string of the molecule is CC(C)(F)C(=O)Cc1ccc2c(c1)C(O)c1ccccc1-2. The summed E-state index contributed by atoms with van der Waals surface area (Å²) in [6.07, 6.45) is -0.635. The molecular formula is C18H17FO2. The zero-order valence-corrected chi connectivity index (χ0v) is 12.1. The van der Waals surface area contributed by atoms with Gasteiger partial charge in [0.15, 0.2) is 11.5 Å². The van der Waals surface area contributed by atoms with E-state index in [9.17, 15) is 14.3 Å². The normalized spacial score (nSPS) is 16.5. The van der Waals surface area contributed by atoms with Crippen LogP contribution in [0.2, 0.25) is 0 Å². The van der Waals surface area contributed by atoms with Crippen molar-refractivity contribution >= 4 is 5.78 Å². The molecule has 0 bridgehead atoms. The molecule has 1 unspecified atom stereocenters. The third kappa shape index (κ3) is 2.38. The molecule has 0 saturated heterocycles. The summed E-state index contributed by atoms with van der Waals surface area (Å²) in [5, 5.41) is 10.4. The van der Waals surface area contributed by atoms with Crippen LogP contribution >= 0.6 is 0 Å². The maximum atomic E-state index is 13.6. The predicted octanol–water partition coefficient (Wildman–Crippen LogP) is 3.61. The zero-order valence-electron chi connectivity index (χ0n) is 12.1. The van der Waals surface area contributed by atoms with Gasteiger partial charge in [-0.1, -0.05) is 42.5 Å². The molecule has 0 spiro atoms. The van der Waals surface area contributed by atoms with Crippen molar-refractivity contribution in [3.63, 3.8) is 0 Å². The molecule has 1 N–H and O–H groups in total. The highest BCUT2D eigenvalue weighted by Crippen LogP contribution is 2.43. The first-order chi connectivity index (χ1) is 9.88. The van der Waals surface area contributed by atoms with Gasteiger partial charge >= 0.3 is 0 Å². The minimum atomic E-state index is -1.83. The van der Waals surface area contributed by atoms with Crippen LogP contribution in [-0.4, -0.2) is 16.6 Å². The predicted molar refractivity (Wildman–Crippen MR) is 79.8 cm³/mol. The van der Waals surface area contributed by atoms with Crippen molar-refractivity contribution in [1.29, 1.82) is 0 Å². The number of alkyl halides is 1. The van der Waals surface area contributed by atoms with Gasteiger partial charge in [0.2, 0.25) is 0 Å². The monoisotopic (exact) mass is 284 g/mol. The van der Waals surface area contributed by atoms with Gasteiger partial charge < -0.3 is 5.11 Å². The number of carbonyl (C=O) groups excluding carboxylic acids is 1. The van der Waals surface area contributed by atoms with Crippen LogP contribution in [0.25, 0.3) is 11.1 Å². The molecule has 1 aliphatic carbocycles. The van der Waals surface area contributed by atoms with Crippen molar-refractivity contribution in [3.05, 3.63) is 59.2 Å².